The van der Waals surface area contributed by atoms with Crippen molar-refractivity contribution in [2.45, 2.75) is 39.0 Å². The van der Waals surface area contributed by atoms with E-state index in [4.69, 9.17) is 10.5 Å². The highest BCUT2D eigenvalue weighted by Crippen LogP contribution is 2.13. The number of nitrogens with zero attached hydrogens (tertiary/aromatic N) is 2. The number of rotatable bonds is 0. The monoisotopic (exact) mass is 154 g/mol. The molecule has 3 heteroatoms. The lowest BCUT2D eigenvalue weighted by Crippen LogP contribution is -2.03. The van der Waals surface area contributed by atoms with Crippen molar-refractivity contribution in [1.82, 2.24) is 0 Å². The molecule has 3 nitrogen and oxygen atoms in total. The first-order valence-electron chi connectivity index (χ1n) is 3.85. The quantitative estimate of drug-likeness (QED) is 0.430. The number of nitriles is 1. The summed E-state index contributed by atoms with van der Waals surface area (Å²) in [7, 11) is 0. The van der Waals surface area contributed by atoms with E-state index < -0.39 is 0 Å². The smallest absolute Gasteiger partial charge is 0.0587 e. The van der Waals surface area contributed by atoms with Crippen LogP contribution in [0.15, 0.2) is 5.16 Å². The number of oxime groups is 1. The summed E-state index contributed by atoms with van der Waals surface area (Å²) in [5.41, 5.74) is 0.983. The molecule has 0 bridgehead atoms. The zero-order chi connectivity index (χ0) is 8.53. The Labute approximate surface area is 67.3 Å². The van der Waals surface area contributed by atoms with Gasteiger partial charge in [0.2, 0.25) is 0 Å². The van der Waals surface area contributed by atoms with Gasteiger partial charge in [0, 0.05) is 6.92 Å². The molecule has 0 saturated heterocycles. The first-order valence-corrected chi connectivity index (χ1v) is 3.85. The van der Waals surface area contributed by atoms with E-state index in [1.54, 1.807) is 6.07 Å². The largest absolute Gasteiger partial charge is 0.411 e. The van der Waals surface area contributed by atoms with E-state index in [1.165, 1.54) is 26.2 Å². The molecule has 1 fully saturated rings. The lowest BCUT2D eigenvalue weighted by molar-refractivity contribution is 0.314. The third-order valence-electron chi connectivity index (χ3n) is 1.57. The lowest BCUT2D eigenvalue weighted by Gasteiger charge is -2.08. The zero-order valence-electron chi connectivity index (χ0n) is 6.88. The molecule has 1 saturated carbocycles. The highest BCUT2D eigenvalue weighted by Gasteiger charge is 2.05. The molecule has 62 valence electrons. The second kappa shape index (κ2) is 7.07. The number of hydrogen-bond acceptors (Lipinski definition) is 3. The van der Waals surface area contributed by atoms with Crippen LogP contribution in [0.1, 0.15) is 39.0 Å². The van der Waals surface area contributed by atoms with Crippen molar-refractivity contribution in [3.05, 3.63) is 0 Å². The van der Waals surface area contributed by atoms with Gasteiger partial charge in [-0.2, -0.15) is 5.26 Å². The fourth-order valence-electron chi connectivity index (χ4n) is 1.06. The maximum absolute atomic E-state index is 8.28. The Bertz CT molecular complexity index is 150. The van der Waals surface area contributed by atoms with E-state index in [2.05, 4.69) is 5.16 Å². The van der Waals surface area contributed by atoms with Gasteiger partial charge in [-0.05, 0) is 25.7 Å². The zero-order valence-corrected chi connectivity index (χ0v) is 6.88. The maximum Gasteiger partial charge on any atom is 0.0587 e. The van der Waals surface area contributed by atoms with Gasteiger partial charge < -0.3 is 5.21 Å². The second-order valence-electron chi connectivity index (χ2n) is 2.45. The van der Waals surface area contributed by atoms with Crippen molar-refractivity contribution in [2.75, 3.05) is 0 Å². The van der Waals surface area contributed by atoms with Crippen LogP contribution < -0.4 is 0 Å². The van der Waals surface area contributed by atoms with E-state index in [-0.39, 0.29) is 0 Å². The lowest BCUT2D eigenvalue weighted by atomic mass is 9.99. The van der Waals surface area contributed by atoms with Gasteiger partial charge in [-0.3, -0.25) is 0 Å². The van der Waals surface area contributed by atoms with E-state index in [0.29, 0.717) is 0 Å². The summed E-state index contributed by atoms with van der Waals surface area (Å²) in [6.07, 6.45) is 5.74. The fourth-order valence-corrected chi connectivity index (χ4v) is 1.06. The second-order valence-corrected chi connectivity index (χ2v) is 2.45. The van der Waals surface area contributed by atoms with E-state index >= 15 is 0 Å². The Balaban J connectivity index is 0.000000292. The van der Waals surface area contributed by atoms with Crippen LogP contribution in [-0.4, -0.2) is 10.9 Å². The first kappa shape index (κ1) is 9.96. The van der Waals surface area contributed by atoms with Gasteiger partial charge >= 0.3 is 0 Å². The number of hydrogen-bond donors (Lipinski definition) is 1. The van der Waals surface area contributed by atoms with Gasteiger partial charge in [-0.1, -0.05) is 11.6 Å². The third kappa shape index (κ3) is 5.41. The first-order chi connectivity index (χ1) is 5.35. The van der Waals surface area contributed by atoms with Crippen molar-refractivity contribution in [2.24, 2.45) is 5.16 Å². The average molecular weight is 154 g/mol. The van der Waals surface area contributed by atoms with Crippen LogP contribution in [0.2, 0.25) is 0 Å². The van der Waals surface area contributed by atoms with Crippen molar-refractivity contribution in [1.29, 1.82) is 5.26 Å². The summed E-state index contributed by atoms with van der Waals surface area (Å²) < 4.78 is 0. The molecular weight excluding hydrogens is 140 g/mol. The summed E-state index contributed by atoms with van der Waals surface area (Å²) >= 11 is 0. The summed E-state index contributed by atoms with van der Waals surface area (Å²) in [4.78, 5) is 0. The Morgan fingerprint density at radius 2 is 1.82 bits per heavy atom. The predicted molar refractivity (Wildman–Crippen MR) is 43.6 cm³/mol. The SMILES string of the molecule is CC#N.ON=C1CCCCC1. The van der Waals surface area contributed by atoms with Crippen LogP contribution in [0, 0.1) is 11.3 Å². The fraction of sp³-hybridized carbons (Fsp3) is 0.750. The maximum atomic E-state index is 8.28. The minimum Gasteiger partial charge on any atom is -0.411 e. The van der Waals surface area contributed by atoms with Crippen molar-refractivity contribution in [3.63, 3.8) is 0 Å². The Hall–Kier alpha value is -1.04. The Morgan fingerprint density at radius 3 is 2.09 bits per heavy atom. The van der Waals surface area contributed by atoms with E-state index in [9.17, 15) is 0 Å². The molecule has 11 heavy (non-hydrogen) atoms. The van der Waals surface area contributed by atoms with Crippen LogP contribution in [0.5, 0.6) is 0 Å². The van der Waals surface area contributed by atoms with Gasteiger partial charge in [0.1, 0.15) is 0 Å². The van der Waals surface area contributed by atoms with Crippen LogP contribution in [0.3, 0.4) is 0 Å². The summed E-state index contributed by atoms with van der Waals surface area (Å²) in [6.45, 7) is 1.43. The summed E-state index contributed by atoms with van der Waals surface area (Å²) in [5.74, 6) is 0. The normalized spacial score (nSPS) is 15.8. The Morgan fingerprint density at radius 1 is 1.36 bits per heavy atom. The van der Waals surface area contributed by atoms with Crippen LogP contribution in [0.25, 0.3) is 0 Å². The molecule has 0 aliphatic heterocycles. The molecule has 0 amide bonds. The van der Waals surface area contributed by atoms with Crippen LogP contribution in [-0.2, 0) is 0 Å². The average Bonchev–Trinajstić information content (AvgIpc) is 2.08. The standard InChI is InChI=1S/C6H11NO.C2H3N/c8-7-6-4-2-1-3-5-6;1-2-3/h8H,1-5H2;1H3. The van der Waals surface area contributed by atoms with Gasteiger partial charge in [-0.25, -0.2) is 0 Å². The molecular formula is C8H14N2O. The topological polar surface area (TPSA) is 56.4 Å². The molecule has 0 radical (unpaired) electrons. The van der Waals surface area contributed by atoms with Gasteiger partial charge in [0.15, 0.2) is 0 Å². The van der Waals surface area contributed by atoms with E-state index in [0.717, 1.165) is 18.6 Å². The molecule has 0 unspecified atom stereocenters. The van der Waals surface area contributed by atoms with Crippen molar-refractivity contribution >= 4 is 5.71 Å². The van der Waals surface area contributed by atoms with Crippen LogP contribution >= 0.6 is 0 Å². The summed E-state index contributed by atoms with van der Waals surface area (Å²) in [5, 5.41) is 18.8. The molecule has 0 heterocycles. The predicted octanol–water partition coefficient (Wildman–Crippen LogP) is 2.31. The van der Waals surface area contributed by atoms with Crippen molar-refractivity contribution < 1.29 is 5.21 Å². The van der Waals surface area contributed by atoms with Gasteiger partial charge in [-0.15, -0.1) is 0 Å². The molecule has 0 spiro atoms. The molecule has 0 aromatic carbocycles. The summed E-state index contributed by atoms with van der Waals surface area (Å²) in [6, 6.07) is 1.75. The molecule has 0 atom stereocenters. The minimum absolute atomic E-state index is 0.983. The highest BCUT2D eigenvalue weighted by molar-refractivity contribution is 5.84. The molecule has 0 aromatic heterocycles. The van der Waals surface area contributed by atoms with Crippen molar-refractivity contribution in [3.8, 4) is 6.07 Å². The molecule has 1 aliphatic carbocycles. The molecule has 1 N–H and O–H groups in total. The third-order valence-corrected chi connectivity index (χ3v) is 1.57. The molecule has 0 aromatic rings. The molecule has 1 aliphatic rings. The Kier molecular flexibility index (Phi) is 6.40. The van der Waals surface area contributed by atoms with Gasteiger partial charge in [0.25, 0.3) is 0 Å². The minimum atomic E-state index is 0.983. The van der Waals surface area contributed by atoms with Gasteiger partial charge in [0.05, 0.1) is 11.8 Å². The van der Waals surface area contributed by atoms with Crippen LogP contribution in [0.4, 0.5) is 0 Å². The highest BCUT2D eigenvalue weighted by atomic mass is 16.4. The van der Waals surface area contributed by atoms with E-state index in [1.807, 2.05) is 0 Å². The molecule has 1 rings (SSSR count).